The molecule has 2 heterocycles. The SMILES string of the molecule is Cc1cccc(C)c1-n1nc2c(c1-c1ccc(C#N)cc1)CNC2. The number of hydrogen-bond acceptors (Lipinski definition) is 3. The van der Waals surface area contributed by atoms with E-state index in [0.29, 0.717) is 5.56 Å². The lowest BCUT2D eigenvalue weighted by molar-refractivity contribution is 0.722. The summed E-state index contributed by atoms with van der Waals surface area (Å²) in [6.45, 7) is 5.87. The average molecular weight is 314 g/mol. The minimum absolute atomic E-state index is 0.673. The second-order valence-corrected chi connectivity index (χ2v) is 6.22. The van der Waals surface area contributed by atoms with Crippen molar-refractivity contribution in [1.82, 2.24) is 15.1 Å². The van der Waals surface area contributed by atoms with Crippen LogP contribution in [0.3, 0.4) is 0 Å². The van der Waals surface area contributed by atoms with E-state index in [2.05, 4.69) is 48.1 Å². The fraction of sp³-hybridized carbons (Fsp3) is 0.200. The fourth-order valence-corrected chi connectivity index (χ4v) is 3.43. The summed E-state index contributed by atoms with van der Waals surface area (Å²) in [6, 6.07) is 16.3. The third-order valence-corrected chi connectivity index (χ3v) is 4.60. The first-order chi connectivity index (χ1) is 11.7. The highest BCUT2D eigenvalue weighted by Crippen LogP contribution is 2.33. The molecule has 3 aromatic rings. The number of nitriles is 1. The van der Waals surface area contributed by atoms with Gasteiger partial charge in [0.25, 0.3) is 0 Å². The Morgan fingerprint density at radius 3 is 2.42 bits per heavy atom. The van der Waals surface area contributed by atoms with Gasteiger partial charge in [0.2, 0.25) is 0 Å². The second-order valence-electron chi connectivity index (χ2n) is 6.22. The number of nitrogens with zero attached hydrogens (tertiary/aromatic N) is 3. The Hall–Kier alpha value is -2.90. The Kier molecular flexibility index (Phi) is 3.44. The van der Waals surface area contributed by atoms with Crippen molar-refractivity contribution in [3.63, 3.8) is 0 Å². The quantitative estimate of drug-likeness (QED) is 0.786. The number of aryl methyl sites for hydroxylation is 2. The van der Waals surface area contributed by atoms with Gasteiger partial charge in [-0.05, 0) is 37.1 Å². The van der Waals surface area contributed by atoms with Gasteiger partial charge in [-0.15, -0.1) is 0 Å². The minimum atomic E-state index is 0.673. The molecule has 0 aliphatic carbocycles. The van der Waals surface area contributed by atoms with Gasteiger partial charge in [-0.2, -0.15) is 10.4 Å². The molecule has 1 aromatic heterocycles. The highest BCUT2D eigenvalue weighted by atomic mass is 15.3. The van der Waals surface area contributed by atoms with Crippen molar-refractivity contribution in [2.45, 2.75) is 26.9 Å². The van der Waals surface area contributed by atoms with Crippen LogP contribution in [0.4, 0.5) is 0 Å². The predicted octanol–water partition coefficient (Wildman–Crippen LogP) is 3.63. The van der Waals surface area contributed by atoms with Gasteiger partial charge < -0.3 is 5.32 Å². The van der Waals surface area contributed by atoms with Crippen LogP contribution >= 0.6 is 0 Å². The maximum atomic E-state index is 9.04. The second kappa shape index (κ2) is 5.63. The number of rotatable bonds is 2. The molecule has 0 bridgehead atoms. The molecule has 118 valence electrons. The third-order valence-electron chi connectivity index (χ3n) is 4.60. The van der Waals surface area contributed by atoms with E-state index in [9.17, 15) is 0 Å². The van der Waals surface area contributed by atoms with E-state index in [4.69, 9.17) is 10.4 Å². The molecule has 0 fully saturated rings. The van der Waals surface area contributed by atoms with Crippen molar-refractivity contribution in [2.24, 2.45) is 0 Å². The van der Waals surface area contributed by atoms with Crippen LogP contribution in [0.1, 0.15) is 27.9 Å². The topological polar surface area (TPSA) is 53.6 Å². The van der Waals surface area contributed by atoms with Crippen LogP contribution in [0.5, 0.6) is 0 Å². The van der Waals surface area contributed by atoms with E-state index < -0.39 is 0 Å². The molecule has 0 unspecified atom stereocenters. The van der Waals surface area contributed by atoms with Crippen molar-refractivity contribution in [3.05, 3.63) is 70.4 Å². The molecule has 0 amide bonds. The van der Waals surface area contributed by atoms with Crippen LogP contribution in [0, 0.1) is 25.2 Å². The molecular formula is C20H18N4. The minimum Gasteiger partial charge on any atom is -0.307 e. The van der Waals surface area contributed by atoms with Gasteiger partial charge in [0.15, 0.2) is 0 Å². The summed E-state index contributed by atoms with van der Waals surface area (Å²) in [5.74, 6) is 0. The highest BCUT2D eigenvalue weighted by molar-refractivity contribution is 5.69. The van der Waals surface area contributed by atoms with Crippen molar-refractivity contribution < 1.29 is 0 Å². The van der Waals surface area contributed by atoms with Crippen LogP contribution in [-0.2, 0) is 13.1 Å². The zero-order chi connectivity index (χ0) is 16.7. The fourth-order valence-electron chi connectivity index (χ4n) is 3.43. The number of para-hydroxylation sites is 1. The summed E-state index contributed by atoms with van der Waals surface area (Å²) in [4.78, 5) is 0. The number of fused-ring (bicyclic) bond motifs is 1. The maximum Gasteiger partial charge on any atom is 0.0991 e. The van der Waals surface area contributed by atoms with Gasteiger partial charge in [0, 0.05) is 24.2 Å². The van der Waals surface area contributed by atoms with E-state index in [0.717, 1.165) is 35.7 Å². The Balaban J connectivity index is 1.98. The van der Waals surface area contributed by atoms with Gasteiger partial charge in [0.05, 0.1) is 28.7 Å². The first-order valence-corrected chi connectivity index (χ1v) is 8.07. The first kappa shape index (κ1) is 14.7. The summed E-state index contributed by atoms with van der Waals surface area (Å²) in [5.41, 5.74) is 8.81. The Morgan fingerprint density at radius 1 is 1.04 bits per heavy atom. The largest absolute Gasteiger partial charge is 0.307 e. The van der Waals surface area contributed by atoms with Crippen molar-refractivity contribution >= 4 is 0 Å². The molecule has 0 radical (unpaired) electrons. The van der Waals surface area contributed by atoms with Crippen molar-refractivity contribution in [3.8, 4) is 23.0 Å². The molecule has 4 nitrogen and oxygen atoms in total. The smallest absolute Gasteiger partial charge is 0.0991 e. The molecular weight excluding hydrogens is 296 g/mol. The monoisotopic (exact) mass is 314 g/mol. The van der Waals surface area contributed by atoms with E-state index in [-0.39, 0.29) is 0 Å². The summed E-state index contributed by atoms with van der Waals surface area (Å²) in [5, 5.41) is 17.3. The standard InChI is InChI=1S/C20H18N4/c1-13-4-3-5-14(2)19(13)24-20(17-11-22-12-18(17)23-24)16-8-6-15(10-21)7-9-16/h3-9,22H,11-12H2,1-2H3. The predicted molar refractivity (Wildman–Crippen MR) is 93.7 cm³/mol. The van der Waals surface area contributed by atoms with E-state index in [1.807, 2.05) is 24.3 Å². The van der Waals surface area contributed by atoms with Gasteiger partial charge in [-0.25, -0.2) is 4.68 Å². The Labute approximate surface area is 141 Å². The average Bonchev–Trinajstić information content (AvgIpc) is 3.16. The summed E-state index contributed by atoms with van der Waals surface area (Å²) < 4.78 is 2.08. The molecule has 1 aliphatic heterocycles. The lowest BCUT2D eigenvalue weighted by Crippen LogP contribution is -2.09. The summed E-state index contributed by atoms with van der Waals surface area (Å²) >= 11 is 0. The van der Waals surface area contributed by atoms with Gasteiger partial charge in [-0.3, -0.25) is 0 Å². The molecule has 0 saturated heterocycles. The van der Waals surface area contributed by atoms with Crippen LogP contribution in [0.2, 0.25) is 0 Å². The van der Waals surface area contributed by atoms with Crippen LogP contribution < -0.4 is 5.32 Å². The zero-order valence-electron chi connectivity index (χ0n) is 13.8. The van der Waals surface area contributed by atoms with E-state index in [1.54, 1.807) is 0 Å². The third kappa shape index (κ3) is 2.22. The normalized spacial score (nSPS) is 12.9. The number of hydrogen-bond donors (Lipinski definition) is 1. The van der Waals surface area contributed by atoms with E-state index >= 15 is 0 Å². The van der Waals surface area contributed by atoms with Gasteiger partial charge >= 0.3 is 0 Å². The molecule has 0 atom stereocenters. The van der Waals surface area contributed by atoms with Crippen LogP contribution in [0.25, 0.3) is 16.9 Å². The highest BCUT2D eigenvalue weighted by Gasteiger charge is 2.24. The lowest BCUT2D eigenvalue weighted by atomic mass is 10.0. The zero-order valence-corrected chi connectivity index (χ0v) is 13.8. The van der Waals surface area contributed by atoms with Crippen molar-refractivity contribution in [2.75, 3.05) is 0 Å². The van der Waals surface area contributed by atoms with Gasteiger partial charge in [-0.1, -0.05) is 30.3 Å². The number of benzene rings is 2. The Bertz CT molecular complexity index is 938. The maximum absolute atomic E-state index is 9.04. The van der Waals surface area contributed by atoms with Crippen LogP contribution in [0.15, 0.2) is 42.5 Å². The lowest BCUT2D eigenvalue weighted by Gasteiger charge is -2.15. The summed E-state index contributed by atoms with van der Waals surface area (Å²) in [7, 11) is 0. The Morgan fingerprint density at radius 2 is 1.75 bits per heavy atom. The van der Waals surface area contributed by atoms with Gasteiger partial charge in [0.1, 0.15) is 0 Å². The molecule has 2 aromatic carbocycles. The molecule has 1 N–H and O–H groups in total. The first-order valence-electron chi connectivity index (χ1n) is 8.07. The number of aromatic nitrogens is 2. The van der Waals surface area contributed by atoms with E-state index in [1.165, 1.54) is 16.7 Å². The molecule has 24 heavy (non-hydrogen) atoms. The van der Waals surface area contributed by atoms with Crippen molar-refractivity contribution in [1.29, 1.82) is 5.26 Å². The molecule has 0 saturated carbocycles. The molecule has 4 rings (SSSR count). The molecule has 0 spiro atoms. The van der Waals surface area contributed by atoms with Crippen LogP contribution in [-0.4, -0.2) is 9.78 Å². The molecule has 1 aliphatic rings. The summed E-state index contributed by atoms with van der Waals surface area (Å²) in [6.07, 6.45) is 0. The number of nitrogens with one attached hydrogen (secondary N) is 1. The molecule has 4 heteroatoms.